The van der Waals surface area contributed by atoms with Crippen molar-refractivity contribution in [2.45, 2.75) is 19.5 Å². The molecule has 0 radical (unpaired) electrons. The second-order valence-corrected chi connectivity index (χ2v) is 4.87. The van der Waals surface area contributed by atoms with Crippen LogP contribution in [0.25, 0.3) is 0 Å². The Labute approximate surface area is 131 Å². The lowest BCUT2D eigenvalue weighted by molar-refractivity contribution is -0.137. The number of aryl methyl sites for hydroxylation is 1. The lowest BCUT2D eigenvalue weighted by Crippen LogP contribution is -2.17. The highest BCUT2D eigenvalue weighted by molar-refractivity contribution is 5.94. The van der Waals surface area contributed by atoms with Gasteiger partial charge < -0.3 is 0 Å². The average molecular weight is 320 g/mol. The van der Waals surface area contributed by atoms with Crippen molar-refractivity contribution < 1.29 is 18.0 Å². The quantitative estimate of drug-likeness (QED) is 0.670. The van der Waals surface area contributed by atoms with Crippen molar-refractivity contribution in [3.8, 4) is 0 Å². The molecule has 0 aliphatic heterocycles. The number of hydrazone groups is 1. The second kappa shape index (κ2) is 7.09. The molecule has 1 N–H and O–H groups in total. The standard InChI is InChI=1S/C17H15F3N2O/c1-2-12-6-8-14(9-7-12)16(23)22-21-11-13-4-3-5-15(10-13)17(18,19)20/h3-11H,2H2,1H3,(H,22,23)/b21-11-. The molecule has 0 aliphatic carbocycles. The van der Waals surface area contributed by atoms with Gasteiger partial charge in [0.25, 0.3) is 5.91 Å². The van der Waals surface area contributed by atoms with E-state index in [1.807, 2.05) is 19.1 Å². The molecule has 0 saturated carbocycles. The van der Waals surface area contributed by atoms with Crippen LogP contribution in [0.2, 0.25) is 0 Å². The van der Waals surface area contributed by atoms with Crippen LogP contribution in [0.4, 0.5) is 13.2 Å². The van der Waals surface area contributed by atoms with Gasteiger partial charge in [-0.1, -0.05) is 31.2 Å². The molecule has 23 heavy (non-hydrogen) atoms. The Balaban J connectivity index is 2.02. The van der Waals surface area contributed by atoms with Crippen LogP contribution >= 0.6 is 0 Å². The minimum absolute atomic E-state index is 0.251. The summed E-state index contributed by atoms with van der Waals surface area (Å²) in [4.78, 5) is 11.9. The van der Waals surface area contributed by atoms with E-state index >= 15 is 0 Å². The molecule has 0 heterocycles. The smallest absolute Gasteiger partial charge is 0.267 e. The molecule has 6 heteroatoms. The molecule has 0 bridgehead atoms. The Morgan fingerprint density at radius 1 is 1.17 bits per heavy atom. The topological polar surface area (TPSA) is 41.5 Å². The van der Waals surface area contributed by atoms with E-state index in [2.05, 4.69) is 10.5 Å². The van der Waals surface area contributed by atoms with E-state index in [9.17, 15) is 18.0 Å². The number of benzene rings is 2. The van der Waals surface area contributed by atoms with Gasteiger partial charge in [-0.25, -0.2) is 5.43 Å². The van der Waals surface area contributed by atoms with Crippen LogP contribution < -0.4 is 5.43 Å². The number of carbonyl (C=O) groups excluding carboxylic acids is 1. The Kier molecular flexibility index (Phi) is 5.16. The third kappa shape index (κ3) is 4.67. The number of amides is 1. The average Bonchev–Trinajstić information content (AvgIpc) is 2.54. The van der Waals surface area contributed by atoms with Gasteiger partial charge in [0.05, 0.1) is 11.8 Å². The van der Waals surface area contributed by atoms with E-state index < -0.39 is 17.6 Å². The highest BCUT2D eigenvalue weighted by Gasteiger charge is 2.30. The first-order chi connectivity index (χ1) is 10.9. The first-order valence-corrected chi connectivity index (χ1v) is 6.99. The summed E-state index contributed by atoms with van der Waals surface area (Å²) in [6.45, 7) is 2.01. The van der Waals surface area contributed by atoms with E-state index in [1.165, 1.54) is 18.3 Å². The number of carbonyl (C=O) groups is 1. The number of hydrogen-bond donors (Lipinski definition) is 1. The van der Waals surface area contributed by atoms with Gasteiger partial charge in [-0.15, -0.1) is 0 Å². The highest BCUT2D eigenvalue weighted by atomic mass is 19.4. The first-order valence-electron chi connectivity index (χ1n) is 6.99. The van der Waals surface area contributed by atoms with Crippen LogP contribution in [0.15, 0.2) is 53.6 Å². The molecule has 0 saturated heterocycles. The Morgan fingerprint density at radius 3 is 2.48 bits per heavy atom. The minimum Gasteiger partial charge on any atom is -0.267 e. The van der Waals surface area contributed by atoms with Gasteiger partial charge in [0, 0.05) is 5.56 Å². The monoisotopic (exact) mass is 320 g/mol. The predicted octanol–water partition coefficient (Wildman–Crippen LogP) is 4.03. The summed E-state index contributed by atoms with van der Waals surface area (Å²) in [5, 5.41) is 3.69. The number of halogens is 3. The van der Waals surface area contributed by atoms with Crippen molar-refractivity contribution in [1.29, 1.82) is 0 Å². The van der Waals surface area contributed by atoms with Crippen LogP contribution in [-0.2, 0) is 12.6 Å². The zero-order chi connectivity index (χ0) is 16.9. The highest BCUT2D eigenvalue weighted by Crippen LogP contribution is 2.29. The molecule has 2 aromatic rings. The molecule has 0 aromatic heterocycles. The van der Waals surface area contributed by atoms with Gasteiger partial charge >= 0.3 is 6.18 Å². The van der Waals surface area contributed by atoms with Crippen LogP contribution in [0.3, 0.4) is 0 Å². The van der Waals surface area contributed by atoms with Gasteiger partial charge in [0.15, 0.2) is 0 Å². The summed E-state index contributed by atoms with van der Waals surface area (Å²) in [5.41, 5.74) is 3.32. The van der Waals surface area contributed by atoms with E-state index in [1.54, 1.807) is 12.1 Å². The third-order valence-electron chi connectivity index (χ3n) is 3.22. The largest absolute Gasteiger partial charge is 0.416 e. The van der Waals surface area contributed by atoms with Gasteiger partial charge in [0.2, 0.25) is 0 Å². The fourth-order valence-corrected chi connectivity index (χ4v) is 1.92. The fourth-order valence-electron chi connectivity index (χ4n) is 1.92. The van der Waals surface area contributed by atoms with E-state index in [-0.39, 0.29) is 5.56 Å². The normalized spacial score (nSPS) is 11.7. The van der Waals surface area contributed by atoms with Crippen molar-refractivity contribution >= 4 is 12.1 Å². The molecule has 1 amide bonds. The molecule has 0 unspecified atom stereocenters. The molecule has 0 atom stereocenters. The molecule has 2 aromatic carbocycles. The van der Waals surface area contributed by atoms with Gasteiger partial charge in [0.1, 0.15) is 0 Å². The summed E-state index contributed by atoms with van der Waals surface area (Å²) in [6, 6.07) is 11.7. The zero-order valence-electron chi connectivity index (χ0n) is 12.4. The maximum absolute atomic E-state index is 12.6. The van der Waals surface area contributed by atoms with Gasteiger partial charge in [-0.2, -0.15) is 18.3 Å². The molecule has 3 nitrogen and oxygen atoms in total. The lowest BCUT2D eigenvalue weighted by Gasteiger charge is -2.06. The Morgan fingerprint density at radius 2 is 1.87 bits per heavy atom. The fraction of sp³-hybridized carbons (Fsp3) is 0.176. The number of alkyl halides is 3. The van der Waals surface area contributed by atoms with Crippen molar-refractivity contribution in [3.63, 3.8) is 0 Å². The zero-order valence-corrected chi connectivity index (χ0v) is 12.4. The Hall–Kier alpha value is -2.63. The van der Waals surface area contributed by atoms with Gasteiger partial charge in [-0.05, 0) is 41.8 Å². The molecule has 120 valence electrons. The van der Waals surface area contributed by atoms with Crippen molar-refractivity contribution in [2.24, 2.45) is 5.10 Å². The van der Waals surface area contributed by atoms with Crippen molar-refractivity contribution in [3.05, 3.63) is 70.8 Å². The number of hydrogen-bond acceptors (Lipinski definition) is 2. The molecular weight excluding hydrogens is 305 g/mol. The summed E-state index contributed by atoms with van der Waals surface area (Å²) in [6.07, 6.45) is -2.36. The maximum atomic E-state index is 12.6. The number of rotatable bonds is 4. The summed E-state index contributed by atoms with van der Waals surface area (Å²) in [5.74, 6) is -0.420. The summed E-state index contributed by atoms with van der Waals surface area (Å²) < 4.78 is 37.8. The molecule has 0 fully saturated rings. The summed E-state index contributed by atoms with van der Waals surface area (Å²) >= 11 is 0. The second-order valence-electron chi connectivity index (χ2n) is 4.87. The maximum Gasteiger partial charge on any atom is 0.416 e. The van der Waals surface area contributed by atoms with E-state index in [0.29, 0.717) is 5.56 Å². The Bertz CT molecular complexity index is 707. The molecule has 0 aliphatic rings. The van der Waals surface area contributed by atoms with Crippen LogP contribution in [0, 0.1) is 0 Å². The summed E-state index contributed by atoms with van der Waals surface area (Å²) in [7, 11) is 0. The third-order valence-corrected chi connectivity index (χ3v) is 3.22. The number of nitrogens with one attached hydrogen (secondary N) is 1. The molecule has 0 spiro atoms. The van der Waals surface area contributed by atoms with Crippen LogP contribution in [0.5, 0.6) is 0 Å². The lowest BCUT2D eigenvalue weighted by atomic mass is 10.1. The molecular formula is C17H15F3N2O. The van der Waals surface area contributed by atoms with Crippen LogP contribution in [-0.4, -0.2) is 12.1 Å². The van der Waals surface area contributed by atoms with E-state index in [4.69, 9.17) is 0 Å². The van der Waals surface area contributed by atoms with Crippen molar-refractivity contribution in [2.75, 3.05) is 0 Å². The molecule has 2 rings (SSSR count). The SMILES string of the molecule is CCc1ccc(C(=O)N/N=C\c2cccc(C(F)(F)F)c2)cc1. The predicted molar refractivity (Wildman–Crippen MR) is 82.3 cm³/mol. The first kappa shape index (κ1) is 16.7. The number of nitrogens with zero attached hydrogens (tertiary/aromatic N) is 1. The van der Waals surface area contributed by atoms with Crippen molar-refractivity contribution in [1.82, 2.24) is 5.43 Å². The minimum atomic E-state index is -4.41. The van der Waals surface area contributed by atoms with E-state index in [0.717, 1.165) is 24.1 Å². The van der Waals surface area contributed by atoms with Gasteiger partial charge in [-0.3, -0.25) is 4.79 Å². The van der Waals surface area contributed by atoms with Crippen LogP contribution in [0.1, 0.15) is 34.0 Å².